The van der Waals surface area contributed by atoms with Gasteiger partial charge in [0.05, 0.1) is 23.2 Å². The summed E-state index contributed by atoms with van der Waals surface area (Å²) in [5.41, 5.74) is 1.58. The maximum atomic E-state index is 13.4. The smallest absolute Gasteiger partial charge is 0.262 e. The van der Waals surface area contributed by atoms with Crippen molar-refractivity contribution in [3.63, 3.8) is 0 Å². The first-order chi connectivity index (χ1) is 14.5. The van der Waals surface area contributed by atoms with Crippen LogP contribution in [0, 0.1) is 5.82 Å². The van der Waals surface area contributed by atoms with Crippen molar-refractivity contribution in [3.05, 3.63) is 58.0 Å². The molecule has 0 unspecified atom stereocenters. The van der Waals surface area contributed by atoms with E-state index in [1.165, 1.54) is 36.3 Å². The summed E-state index contributed by atoms with van der Waals surface area (Å²) in [6.45, 7) is 0.293. The van der Waals surface area contributed by atoms with Gasteiger partial charge in [-0.1, -0.05) is 18.2 Å². The topological polar surface area (TPSA) is 71.4 Å². The number of carbonyl (C=O) groups excluding carboxylic acids is 2. The molecule has 0 saturated heterocycles. The Balaban J connectivity index is 1.84. The average Bonchev–Trinajstić information content (AvgIpc) is 3.41. The predicted molar refractivity (Wildman–Crippen MR) is 112 cm³/mol. The highest BCUT2D eigenvalue weighted by molar-refractivity contribution is 7.12. The lowest BCUT2D eigenvalue weighted by Crippen LogP contribution is -2.44. The van der Waals surface area contributed by atoms with Gasteiger partial charge in [0, 0.05) is 27.2 Å². The van der Waals surface area contributed by atoms with E-state index in [1.54, 1.807) is 23.5 Å². The summed E-state index contributed by atoms with van der Waals surface area (Å²) in [6.07, 6.45) is 0.516. The Labute approximate surface area is 178 Å². The highest BCUT2D eigenvalue weighted by Crippen LogP contribution is 2.34. The molecule has 0 saturated carbocycles. The van der Waals surface area contributed by atoms with Crippen molar-refractivity contribution in [3.8, 4) is 0 Å². The standard InChI is InChI=1S/C21H24FN3O4S/c1-28-10-9-24(21(27)14-29-2)13-20(26)25-18(15-5-7-16(22)8-6-15)12-17(23-25)19-4-3-11-30-19/h3-8,11,18H,9-10,12-14H2,1-2H3/t18-/m0/s1. The lowest BCUT2D eigenvalue weighted by molar-refractivity contribution is -0.144. The summed E-state index contributed by atoms with van der Waals surface area (Å²) in [6, 6.07) is 9.57. The van der Waals surface area contributed by atoms with E-state index in [0.29, 0.717) is 13.0 Å². The molecule has 160 valence electrons. The van der Waals surface area contributed by atoms with Crippen LogP contribution < -0.4 is 0 Å². The Morgan fingerprint density at radius 2 is 2.00 bits per heavy atom. The quantitative estimate of drug-likeness (QED) is 0.610. The Kier molecular flexibility index (Phi) is 7.67. The largest absolute Gasteiger partial charge is 0.383 e. The van der Waals surface area contributed by atoms with Gasteiger partial charge >= 0.3 is 0 Å². The molecule has 0 fully saturated rings. The first-order valence-corrected chi connectivity index (χ1v) is 10.4. The van der Waals surface area contributed by atoms with Crippen LogP contribution in [0.5, 0.6) is 0 Å². The zero-order valence-corrected chi connectivity index (χ0v) is 17.7. The van der Waals surface area contributed by atoms with Crippen molar-refractivity contribution in [1.82, 2.24) is 9.91 Å². The molecule has 2 amide bonds. The van der Waals surface area contributed by atoms with Crippen molar-refractivity contribution in [1.29, 1.82) is 0 Å². The fourth-order valence-electron chi connectivity index (χ4n) is 3.22. The number of thiophene rings is 1. The second kappa shape index (κ2) is 10.4. The molecule has 7 nitrogen and oxygen atoms in total. The summed E-state index contributed by atoms with van der Waals surface area (Å²) < 4.78 is 23.4. The van der Waals surface area contributed by atoms with Crippen LogP contribution >= 0.6 is 11.3 Å². The van der Waals surface area contributed by atoms with Crippen LogP contribution in [0.15, 0.2) is 46.9 Å². The van der Waals surface area contributed by atoms with Gasteiger partial charge in [0.2, 0.25) is 5.91 Å². The van der Waals surface area contributed by atoms with Gasteiger partial charge in [-0.05, 0) is 29.1 Å². The lowest BCUT2D eigenvalue weighted by Gasteiger charge is -2.26. The van der Waals surface area contributed by atoms with Gasteiger partial charge in [0.1, 0.15) is 19.0 Å². The first kappa shape index (κ1) is 22.1. The van der Waals surface area contributed by atoms with E-state index in [1.807, 2.05) is 17.5 Å². The number of halogens is 1. The minimum atomic E-state index is -0.364. The van der Waals surface area contributed by atoms with Gasteiger partial charge in [-0.2, -0.15) is 5.10 Å². The molecular weight excluding hydrogens is 409 g/mol. The number of carbonyl (C=O) groups is 2. The second-order valence-electron chi connectivity index (χ2n) is 6.77. The van der Waals surface area contributed by atoms with Crippen LogP contribution in [0.2, 0.25) is 0 Å². The van der Waals surface area contributed by atoms with Crippen molar-refractivity contribution < 1.29 is 23.5 Å². The molecular formula is C21H24FN3O4S. The molecule has 1 aliphatic heterocycles. The molecule has 0 radical (unpaired) electrons. The van der Waals surface area contributed by atoms with Crippen molar-refractivity contribution in [2.45, 2.75) is 12.5 Å². The number of hydrogen-bond donors (Lipinski definition) is 0. The van der Waals surface area contributed by atoms with Crippen LogP contribution in [0.4, 0.5) is 4.39 Å². The molecule has 1 aliphatic rings. The van der Waals surface area contributed by atoms with E-state index in [2.05, 4.69) is 5.10 Å². The summed E-state index contributed by atoms with van der Waals surface area (Å²) in [4.78, 5) is 27.9. The van der Waals surface area contributed by atoms with Crippen LogP contribution in [0.3, 0.4) is 0 Å². The third-order valence-electron chi connectivity index (χ3n) is 4.74. The monoisotopic (exact) mass is 433 g/mol. The fourth-order valence-corrected chi connectivity index (χ4v) is 3.94. The van der Waals surface area contributed by atoms with Crippen molar-refractivity contribution in [2.24, 2.45) is 5.10 Å². The van der Waals surface area contributed by atoms with E-state index in [4.69, 9.17) is 9.47 Å². The molecule has 1 aromatic heterocycles. The second-order valence-corrected chi connectivity index (χ2v) is 7.72. The van der Waals surface area contributed by atoms with Gasteiger partial charge in [-0.25, -0.2) is 9.40 Å². The van der Waals surface area contributed by atoms with E-state index in [9.17, 15) is 14.0 Å². The summed E-state index contributed by atoms with van der Waals surface area (Å²) in [5, 5.41) is 7.92. The van der Waals surface area contributed by atoms with E-state index in [-0.39, 0.29) is 43.4 Å². The molecule has 0 spiro atoms. The van der Waals surface area contributed by atoms with Crippen LogP contribution in [-0.2, 0) is 19.1 Å². The first-order valence-electron chi connectivity index (χ1n) is 9.48. The van der Waals surface area contributed by atoms with Crippen LogP contribution in [0.25, 0.3) is 0 Å². The summed E-state index contributed by atoms with van der Waals surface area (Å²) >= 11 is 1.54. The maximum absolute atomic E-state index is 13.4. The Hall–Kier alpha value is -2.62. The molecule has 9 heteroatoms. The molecule has 30 heavy (non-hydrogen) atoms. The maximum Gasteiger partial charge on any atom is 0.262 e. The van der Waals surface area contributed by atoms with Crippen molar-refractivity contribution in [2.75, 3.05) is 40.5 Å². The Morgan fingerprint density at radius 1 is 1.23 bits per heavy atom. The molecule has 0 N–H and O–H groups in total. The van der Waals surface area contributed by atoms with E-state index >= 15 is 0 Å². The molecule has 3 rings (SSSR count). The minimum absolute atomic E-state index is 0.123. The molecule has 2 heterocycles. The number of methoxy groups -OCH3 is 2. The van der Waals surface area contributed by atoms with Gasteiger partial charge in [0.25, 0.3) is 5.91 Å². The number of hydrogen-bond acceptors (Lipinski definition) is 6. The van der Waals surface area contributed by atoms with E-state index in [0.717, 1.165) is 16.2 Å². The predicted octanol–water partition coefficient (Wildman–Crippen LogP) is 2.69. The van der Waals surface area contributed by atoms with E-state index < -0.39 is 0 Å². The third-order valence-corrected chi connectivity index (χ3v) is 5.66. The fraction of sp³-hybridized carbons (Fsp3) is 0.381. The normalized spacial score (nSPS) is 15.9. The van der Waals surface area contributed by atoms with Gasteiger partial charge < -0.3 is 14.4 Å². The average molecular weight is 434 g/mol. The van der Waals surface area contributed by atoms with Gasteiger partial charge in [-0.3, -0.25) is 9.59 Å². The Bertz CT molecular complexity index is 886. The Morgan fingerprint density at radius 3 is 2.63 bits per heavy atom. The summed E-state index contributed by atoms with van der Waals surface area (Å²) in [5.74, 6) is -0.968. The molecule has 2 aromatic rings. The van der Waals surface area contributed by atoms with Crippen molar-refractivity contribution >= 4 is 28.9 Å². The lowest BCUT2D eigenvalue weighted by atomic mass is 10.0. The number of rotatable bonds is 9. The van der Waals surface area contributed by atoms with Crippen LogP contribution in [0.1, 0.15) is 22.9 Å². The molecule has 1 atom stereocenters. The number of benzene rings is 1. The number of nitrogens with zero attached hydrogens (tertiary/aromatic N) is 3. The van der Waals surface area contributed by atoms with Gasteiger partial charge in [-0.15, -0.1) is 11.3 Å². The minimum Gasteiger partial charge on any atom is -0.383 e. The van der Waals surface area contributed by atoms with Gasteiger partial charge in [0.15, 0.2) is 0 Å². The number of amides is 2. The highest BCUT2D eigenvalue weighted by Gasteiger charge is 2.34. The highest BCUT2D eigenvalue weighted by atomic mass is 32.1. The zero-order chi connectivity index (χ0) is 21.5. The number of hydrazone groups is 1. The molecule has 0 aliphatic carbocycles. The molecule has 0 bridgehead atoms. The number of ether oxygens (including phenoxy) is 2. The summed E-state index contributed by atoms with van der Waals surface area (Å²) in [7, 11) is 2.96. The zero-order valence-electron chi connectivity index (χ0n) is 16.9. The SMILES string of the molecule is COCCN(CC(=O)N1N=C(c2cccs2)C[C@H]1c1ccc(F)cc1)C(=O)COC. The third kappa shape index (κ3) is 5.29. The molecule has 1 aromatic carbocycles. The van der Waals surface area contributed by atoms with Crippen LogP contribution in [-0.4, -0.2) is 68.0 Å².